The average molecular weight is 539 g/mol. The molecule has 0 aliphatic carbocycles. The normalized spacial score (nSPS) is 17.3. The minimum Gasteiger partial charge on any atom is -0.370 e. The standard InChI is InChI=1S/C25H46N8O5/c1-16(2)14-21(32-22(36)19(30-17(3)35)9-4-5-11-26)23(37)31-20(10-6-12-29-25(27)28)24(38)33-13-7-8-18(33)15-34/h15-16,18-21H,4-14,26H2,1-3H3,(H,30,35)(H,31,37)(H,32,36)(H4,27,28,29)/t18?,19-,20-,21-/m0/s1. The van der Waals surface area contributed by atoms with Crippen LogP contribution in [0.2, 0.25) is 0 Å². The van der Waals surface area contributed by atoms with Gasteiger partial charge in [-0.05, 0) is 63.8 Å². The number of aldehydes is 1. The maximum atomic E-state index is 13.4. The maximum Gasteiger partial charge on any atom is 0.245 e. The molecule has 1 aliphatic heterocycles. The van der Waals surface area contributed by atoms with Gasteiger partial charge >= 0.3 is 0 Å². The van der Waals surface area contributed by atoms with E-state index in [9.17, 15) is 24.0 Å². The van der Waals surface area contributed by atoms with Crippen molar-refractivity contribution in [3.63, 3.8) is 0 Å². The van der Waals surface area contributed by atoms with E-state index in [1.165, 1.54) is 11.8 Å². The monoisotopic (exact) mass is 538 g/mol. The van der Waals surface area contributed by atoms with E-state index in [4.69, 9.17) is 17.2 Å². The lowest BCUT2D eigenvalue weighted by Crippen LogP contribution is -2.57. The SMILES string of the molecule is CC(=O)N[C@@H](CCCCN)C(=O)N[C@@H](CC(C)C)C(=O)N[C@@H](CCCN=C(N)N)C(=O)N1CCCC1C=O. The van der Waals surface area contributed by atoms with Crippen LogP contribution in [0, 0.1) is 5.92 Å². The molecule has 1 saturated heterocycles. The van der Waals surface area contributed by atoms with Crippen molar-refractivity contribution in [2.24, 2.45) is 28.1 Å². The predicted molar refractivity (Wildman–Crippen MR) is 145 cm³/mol. The number of hydrogen-bond acceptors (Lipinski definition) is 7. The first-order valence-corrected chi connectivity index (χ1v) is 13.4. The number of aliphatic imine (C=N–C) groups is 1. The van der Waals surface area contributed by atoms with Crippen LogP contribution < -0.4 is 33.2 Å². The van der Waals surface area contributed by atoms with Gasteiger partial charge in [-0.1, -0.05) is 13.8 Å². The number of unbranched alkanes of at least 4 members (excludes halogenated alkanes) is 1. The molecule has 0 bridgehead atoms. The third kappa shape index (κ3) is 11.9. The third-order valence-corrected chi connectivity index (χ3v) is 6.28. The molecule has 1 fully saturated rings. The van der Waals surface area contributed by atoms with Gasteiger partial charge in [-0.25, -0.2) is 0 Å². The molecule has 1 unspecified atom stereocenters. The van der Waals surface area contributed by atoms with Gasteiger partial charge in [0.15, 0.2) is 5.96 Å². The molecule has 1 heterocycles. The molecule has 1 aliphatic rings. The van der Waals surface area contributed by atoms with E-state index < -0.39 is 36.0 Å². The van der Waals surface area contributed by atoms with E-state index >= 15 is 0 Å². The minimum atomic E-state index is -0.929. The second-order valence-electron chi connectivity index (χ2n) is 10.1. The van der Waals surface area contributed by atoms with Crippen molar-refractivity contribution >= 4 is 35.9 Å². The Balaban J connectivity index is 3.05. The summed E-state index contributed by atoms with van der Waals surface area (Å²) in [6, 6.07) is -3.18. The van der Waals surface area contributed by atoms with Crippen LogP contribution in [-0.4, -0.2) is 84.6 Å². The van der Waals surface area contributed by atoms with Gasteiger partial charge in [-0.15, -0.1) is 0 Å². The first-order chi connectivity index (χ1) is 18.0. The van der Waals surface area contributed by atoms with Crippen molar-refractivity contribution in [1.82, 2.24) is 20.9 Å². The first kappa shape index (κ1) is 32.8. The Bertz CT molecular complexity index is 831. The fourth-order valence-electron chi connectivity index (χ4n) is 4.42. The summed E-state index contributed by atoms with van der Waals surface area (Å²) in [7, 11) is 0. The Kier molecular flexibility index (Phi) is 15.0. The highest BCUT2D eigenvalue weighted by atomic mass is 16.2. The van der Waals surface area contributed by atoms with E-state index in [-0.39, 0.29) is 36.7 Å². The quantitative estimate of drug-likeness (QED) is 0.0575. The fraction of sp³-hybridized carbons (Fsp3) is 0.760. The van der Waals surface area contributed by atoms with Crippen LogP contribution in [0.4, 0.5) is 0 Å². The van der Waals surface area contributed by atoms with Crippen LogP contribution >= 0.6 is 0 Å². The fourth-order valence-corrected chi connectivity index (χ4v) is 4.42. The molecular formula is C25H46N8O5. The van der Waals surface area contributed by atoms with Crippen LogP contribution in [0.1, 0.15) is 72.1 Å². The van der Waals surface area contributed by atoms with Crippen molar-refractivity contribution in [1.29, 1.82) is 0 Å². The Morgan fingerprint density at radius 3 is 2.18 bits per heavy atom. The van der Waals surface area contributed by atoms with Gasteiger partial charge in [-0.3, -0.25) is 24.2 Å². The Labute approximate surface area is 225 Å². The van der Waals surface area contributed by atoms with E-state index in [1.54, 1.807) is 0 Å². The largest absolute Gasteiger partial charge is 0.370 e. The number of hydrogen-bond donors (Lipinski definition) is 6. The van der Waals surface area contributed by atoms with Gasteiger partial charge in [0.05, 0.1) is 6.04 Å². The highest BCUT2D eigenvalue weighted by Crippen LogP contribution is 2.18. The van der Waals surface area contributed by atoms with Crippen LogP contribution in [0.5, 0.6) is 0 Å². The molecule has 0 aromatic rings. The van der Waals surface area contributed by atoms with Gasteiger partial charge in [0.25, 0.3) is 0 Å². The molecule has 13 heteroatoms. The van der Waals surface area contributed by atoms with Crippen LogP contribution in [-0.2, 0) is 24.0 Å². The average Bonchev–Trinajstić information content (AvgIpc) is 3.32. The number of nitrogens with two attached hydrogens (primary N) is 3. The molecular weight excluding hydrogens is 492 g/mol. The molecule has 0 saturated carbocycles. The van der Waals surface area contributed by atoms with E-state index in [0.29, 0.717) is 58.0 Å². The Morgan fingerprint density at radius 2 is 1.61 bits per heavy atom. The van der Waals surface area contributed by atoms with Crippen LogP contribution in [0.25, 0.3) is 0 Å². The van der Waals surface area contributed by atoms with Crippen molar-refractivity contribution < 1.29 is 24.0 Å². The van der Waals surface area contributed by atoms with E-state index in [0.717, 1.165) is 6.29 Å². The van der Waals surface area contributed by atoms with Crippen molar-refractivity contribution in [3.05, 3.63) is 0 Å². The summed E-state index contributed by atoms with van der Waals surface area (Å²) in [5.74, 6) is -1.73. The zero-order valence-electron chi connectivity index (χ0n) is 22.9. The van der Waals surface area contributed by atoms with Crippen LogP contribution in [0.3, 0.4) is 0 Å². The zero-order valence-corrected chi connectivity index (χ0v) is 22.9. The summed E-state index contributed by atoms with van der Waals surface area (Å²) < 4.78 is 0. The second kappa shape index (κ2) is 17.3. The van der Waals surface area contributed by atoms with E-state index in [1.807, 2.05) is 13.8 Å². The summed E-state index contributed by atoms with van der Waals surface area (Å²) in [4.78, 5) is 68.4. The molecule has 0 aromatic heterocycles. The number of likely N-dealkylation sites (tertiary alicyclic amines) is 1. The van der Waals surface area contributed by atoms with Gasteiger partial charge in [-0.2, -0.15) is 0 Å². The predicted octanol–water partition coefficient (Wildman–Crippen LogP) is -1.12. The summed E-state index contributed by atoms with van der Waals surface area (Å²) in [5.41, 5.74) is 16.3. The van der Waals surface area contributed by atoms with Gasteiger partial charge < -0.3 is 42.8 Å². The molecule has 216 valence electrons. The molecule has 0 spiro atoms. The van der Waals surface area contributed by atoms with Crippen LogP contribution in [0.15, 0.2) is 4.99 Å². The number of carbonyl (C=O) groups excluding carboxylic acids is 5. The topological polar surface area (TPSA) is 215 Å². The molecule has 4 atom stereocenters. The number of carbonyl (C=O) groups is 5. The third-order valence-electron chi connectivity index (χ3n) is 6.28. The molecule has 38 heavy (non-hydrogen) atoms. The molecule has 13 nitrogen and oxygen atoms in total. The highest BCUT2D eigenvalue weighted by molar-refractivity contribution is 5.94. The van der Waals surface area contributed by atoms with Gasteiger partial charge in [0, 0.05) is 20.0 Å². The van der Waals surface area contributed by atoms with Gasteiger partial charge in [0.2, 0.25) is 23.6 Å². The molecule has 4 amide bonds. The smallest absolute Gasteiger partial charge is 0.245 e. The van der Waals surface area contributed by atoms with Gasteiger partial charge in [0.1, 0.15) is 24.4 Å². The Morgan fingerprint density at radius 1 is 0.974 bits per heavy atom. The lowest BCUT2D eigenvalue weighted by atomic mass is 10.0. The molecule has 0 aromatic carbocycles. The maximum absolute atomic E-state index is 13.4. The van der Waals surface area contributed by atoms with E-state index in [2.05, 4.69) is 20.9 Å². The number of nitrogens with one attached hydrogen (secondary N) is 3. The first-order valence-electron chi connectivity index (χ1n) is 13.4. The number of nitrogens with zero attached hydrogens (tertiary/aromatic N) is 2. The zero-order chi connectivity index (χ0) is 28.7. The summed E-state index contributed by atoms with van der Waals surface area (Å²) in [6.07, 6.45) is 4.72. The second-order valence-corrected chi connectivity index (χ2v) is 10.1. The Hall–Kier alpha value is -3.22. The van der Waals surface area contributed by atoms with Crippen molar-refractivity contribution in [2.45, 2.75) is 96.3 Å². The number of rotatable bonds is 17. The van der Waals surface area contributed by atoms with Crippen molar-refractivity contribution in [3.8, 4) is 0 Å². The molecule has 1 rings (SSSR count). The molecule has 9 N–H and O–H groups in total. The summed E-state index contributed by atoms with van der Waals surface area (Å²) in [5, 5.41) is 8.19. The number of guanidine groups is 1. The summed E-state index contributed by atoms with van der Waals surface area (Å²) in [6.45, 7) is 6.31. The summed E-state index contributed by atoms with van der Waals surface area (Å²) >= 11 is 0. The number of amides is 4. The lowest BCUT2D eigenvalue weighted by molar-refractivity contribution is -0.139. The minimum absolute atomic E-state index is 0.0524. The lowest BCUT2D eigenvalue weighted by Gasteiger charge is -2.29. The highest BCUT2D eigenvalue weighted by Gasteiger charge is 2.35. The van der Waals surface area contributed by atoms with Crippen molar-refractivity contribution in [2.75, 3.05) is 19.6 Å². The molecule has 0 radical (unpaired) electrons.